The summed E-state index contributed by atoms with van der Waals surface area (Å²) in [6.45, 7) is 1.93. The van der Waals surface area contributed by atoms with Crippen molar-refractivity contribution in [2.45, 2.75) is 6.92 Å². The molecule has 1 heterocycles. The smallest absolute Gasteiger partial charge is 0.275 e. The lowest BCUT2D eigenvalue weighted by molar-refractivity contribution is 0.101. The summed E-state index contributed by atoms with van der Waals surface area (Å²) in [5.74, 6) is -0.0746. The molecule has 2 amide bonds. The minimum atomic E-state index is -0.370. The number of carbonyl (C=O) groups excluding carboxylic acids is 2. The number of methoxy groups -OCH3 is 1. The predicted octanol–water partition coefficient (Wildman–Crippen LogP) is 3.96. The average Bonchev–Trinajstić information content (AvgIpc) is 3.11. The molecule has 0 saturated carbocycles. The zero-order valence-corrected chi connectivity index (χ0v) is 15.1. The number of nitrogens with one attached hydrogen (secondary N) is 2. The Morgan fingerprint density at radius 3 is 2.54 bits per heavy atom. The molecule has 1 aromatic heterocycles. The van der Waals surface area contributed by atoms with Gasteiger partial charge in [-0.2, -0.15) is 0 Å². The molecule has 3 rings (SSSR count). The summed E-state index contributed by atoms with van der Waals surface area (Å²) >= 11 is 1.19. The third kappa shape index (κ3) is 4.07. The van der Waals surface area contributed by atoms with Crippen molar-refractivity contribution in [3.05, 3.63) is 70.7 Å². The van der Waals surface area contributed by atoms with E-state index in [9.17, 15) is 9.59 Å². The molecule has 0 aliphatic carbocycles. The minimum absolute atomic E-state index is 0.224. The molecule has 0 unspecified atom stereocenters. The van der Waals surface area contributed by atoms with Crippen molar-refractivity contribution >= 4 is 34.0 Å². The molecule has 3 aromatic rings. The van der Waals surface area contributed by atoms with Crippen LogP contribution >= 0.6 is 11.3 Å². The number of anilines is 2. The van der Waals surface area contributed by atoms with E-state index in [2.05, 4.69) is 15.6 Å². The SMILES string of the molecule is COc1ccc(C)cc1NC(=O)c1csc(NC(=O)c2ccccc2)n1. The fourth-order valence-corrected chi connectivity index (χ4v) is 2.99. The number of thiazole rings is 1. The van der Waals surface area contributed by atoms with Crippen LogP contribution in [0.3, 0.4) is 0 Å². The van der Waals surface area contributed by atoms with Crippen molar-refractivity contribution in [3.63, 3.8) is 0 Å². The maximum Gasteiger partial charge on any atom is 0.275 e. The number of hydrogen-bond acceptors (Lipinski definition) is 5. The fourth-order valence-electron chi connectivity index (χ4n) is 2.30. The minimum Gasteiger partial charge on any atom is -0.495 e. The zero-order chi connectivity index (χ0) is 18.5. The van der Waals surface area contributed by atoms with Gasteiger partial charge in [0.15, 0.2) is 5.13 Å². The first-order valence-corrected chi connectivity index (χ1v) is 8.72. The van der Waals surface area contributed by atoms with Crippen molar-refractivity contribution in [1.29, 1.82) is 0 Å². The third-order valence-corrected chi connectivity index (χ3v) is 4.35. The van der Waals surface area contributed by atoms with E-state index in [0.29, 0.717) is 22.1 Å². The van der Waals surface area contributed by atoms with E-state index in [-0.39, 0.29) is 17.5 Å². The normalized spacial score (nSPS) is 10.2. The lowest BCUT2D eigenvalue weighted by atomic mass is 10.2. The largest absolute Gasteiger partial charge is 0.495 e. The van der Waals surface area contributed by atoms with E-state index in [1.165, 1.54) is 11.3 Å². The van der Waals surface area contributed by atoms with Gasteiger partial charge in [0.05, 0.1) is 12.8 Å². The van der Waals surface area contributed by atoms with Gasteiger partial charge in [-0.05, 0) is 36.8 Å². The molecular formula is C19H17N3O3S. The Morgan fingerprint density at radius 2 is 1.81 bits per heavy atom. The highest BCUT2D eigenvalue weighted by Crippen LogP contribution is 2.26. The zero-order valence-electron chi connectivity index (χ0n) is 14.3. The molecule has 7 heteroatoms. The molecule has 0 aliphatic heterocycles. The van der Waals surface area contributed by atoms with Gasteiger partial charge >= 0.3 is 0 Å². The molecule has 0 aliphatic rings. The topological polar surface area (TPSA) is 80.3 Å². The second kappa shape index (κ2) is 7.79. The van der Waals surface area contributed by atoms with Gasteiger partial charge in [-0.1, -0.05) is 24.3 Å². The standard InChI is InChI=1S/C19H17N3O3S/c1-12-8-9-16(25-2)14(10-12)20-18(24)15-11-26-19(21-15)22-17(23)13-6-4-3-5-7-13/h3-11H,1-2H3,(H,20,24)(H,21,22,23). The number of hydrogen-bond donors (Lipinski definition) is 2. The van der Waals surface area contributed by atoms with Crippen LogP contribution in [0.25, 0.3) is 0 Å². The van der Waals surface area contributed by atoms with E-state index in [1.807, 2.05) is 25.1 Å². The number of benzene rings is 2. The summed E-state index contributed by atoms with van der Waals surface area (Å²) in [5, 5.41) is 7.43. The van der Waals surface area contributed by atoms with Crippen LogP contribution < -0.4 is 15.4 Å². The molecule has 0 fully saturated rings. The highest BCUT2D eigenvalue weighted by molar-refractivity contribution is 7.14. The van der Waals surface area contributed by atoms with E-state index in [4.69, 9.17) is 4.74 Å². The Hall–Kier alpha value is -3.19. The van der Waals surface area contributed by atoms with Gasteiger partial charge < -0.3 is 10.1 Å². The number of rotatable bonds is 5. The van der Waals surface area contributed by atoms with E-state index in [0.717, 1.165) is 5.56 Å². The fraction of sp³-hybridized carbons (Fsp3) is 0.105. The Morgan fingerprint density at radius 1 is 1.04 bits per heavy atom. The van der Waals surface area contributed by atoms with Gasteiger partial charge in [0.25, 0.3) is 11.8 Å². The molecule has 0 atom stereocenters. The van der Waals surface area contributed by atoms with Crippen LogP contribution in [0.4, 0.5) is 10.8 Å². The third-order valence-electron chi connectivity index (χ3n) is 3.60. The molecule has 0 bridgehead atoms. The molecular weight excluding hydrogens is 350 g/mol. The Labute approximate surface area is 154 Å². The van der Waals surface area contributed by atoms with Gasteiger partial charge in [-0.25, -0.2) is 4.98 Å². The molecule has 2 aromatic carbocycles. The molecule has 2 N–H and O–H groups in total. The first kappa shape index (κ1) is 17.6. The van der Waals surface area contributed by atoms with Crippen LogP contribution in [-0.2, 0) is 0 Å². The van der Waals surface area contributed by atoms with E-state index < -0.39 is 0 Å². The summed E-state index contributed by atoms with van der Waals surface area (Å²) < 4.78 is 5.25. The molecule has 6 nitrogen and oxygen atoms in total. The number of aryl methyl sites for hydroxylation is 1. The second-order valence-electron chi connectivity index (χ2n) is 5.52. The Balaban J connectivity index is 1.70. The van der Waals surface area contributed by atoms with Crippen LogP contribution in [0.5, 0.6) is 5.75 Å². The highest BCUT2D eigenvalue weighted by Gasteiger charge is 2.15. The van der Waals surface area contributed by atoms with Crippen molar-refractivity contribution in [2.24, 2.45) is 0 Å². The Kier molecular flexibility index (Phi) is 5.28. The van der Waals surface area contributed by atoms with Gasteiger partial charge in [0.2, 0.25) is 0 Å². The molecule has 132 valence electrons. The van der Waals surface area contributed by atoms with Crippen LogP contribution in [0.2, 0.25) is 0 Å². The van der Waals surface area contributed by atoms with Gasteiger partial charge in [0, 0.05) is 10.9 Å². The lowest BCUT2D eigenvalue weighted by Crippen LogP contribution is -2.14. The summed E-state index contributed by atoms with van der Waals surface area (Å²) in [6, 6.07) is 14.3. The van der Waals surface area contributed by atoms with Crippen LogP contribution in [0.15, 0.2) is 53.9 Å². The van der Waals surface area contributed by atoms with E-state index in [1.54, 1.807) is 42.8 Å². The Bertz CT molecular complexity index is 938. The lowest BCUT2D eigenvalue weighted by Gasteiger charge is -2.10. The van der Waals surface area contributed by atoms with Crippen LogP contribution in [-0.4, -0.2) is 23.9 Å². The summed E-state index contributed by atoms with van der Waals surface area (Å²) in [4.78, 5) is 28.8. The van der Waals surface area contributed by atoms with Crippen molar-refractivity contribution < 1.29 is 14.3 Å². The van der Waals surface area contributed by atoms with Crippen molar-refractivity contribution in [1.82, 2.24) is 4.98 Å². The van der Waals surface area contributed by atoms with Gasteiger partial charge in [-0.3, -0.25) is 14.9 Å². The highest BCUT2D eigenvalue weighted by atomic mass is 32.1. The summed E-state index contributed by atoms with van der Waals surface area (Å²) in [7, 11) is 1.54. The molecule has 0 saturated heterocycles. The summed E-state index contributed by atoms with van der Waals surface area (Å²) in [6.07, 6.45) is 0. The molecule has 26 heavy (non-hydrogen) atoms. The van der Waals surface area contributed by atoms with E-state index >= 15 is 0 Å². The van der Waals surface area contributed by atoms with Crippen molar-refractivity contribution in [3.8, 4) is 5.75 Å². The monoisotopic (exact) mass is 367 g/mol. The summed E-state index contributed by atoms with van der Waals surface area (Å²) in [5.41, 5.74) is 2.32. The quantitative estimate of drug-likeness (QED) is 0.715. The molecule has 0 spiro atoms. The molecule has 0 radical (unpaired) electrons. The maximum absolute atomic E-state index is 12.4. The number of carbonyl (C=O) groups is 2. The number of amides is 2. The average molecular weight is 367 g/mol. The second-order valence-corrected chi connectivity index (χ2v) is 6.37. The van der Waals surface area contributed by atoms with Crippen LogP contribution in [0.1, 0.15) is 26.4 Å². The van der Waals surface area contributed by atoms with Gasteiger partial charge in [-0.15, -0.1) is 11.3 Å². The van der Waals surface area contributed by atoms with Crippen molar-refractivity contribution in [2.75, 3.05) is 17.7 Å². The predicted molar refractivity (Wildman–Crippen MR) is 102 cm³/mol. The number of ether oxygens (including phenoxy) is 1. The maximum atomic E-state index is 12.4. The first-order valence-electron chi connectivity index (χ1n) is 7.85. The first-order chi connectivity index (χ1) is 12.6. The number of nitrogens with zero attached hydrogens (tertiary/aromatic N) is 1. The van der Waals surface area contributed by atoms with Crippen LogP contribution in [0, 0.1) is 6.92 Å². The van der Waals surface area contributed by atoms with Gasteiger partial charge in [0.1, 0.15) is 11.4 Å². The number of aromatic nitrogens is 1.